The molecule has 0 amide bonds. The van der Waals surface area contributed by atoms with Crippen LogP contribution >= 0.6 is 12.4 Å². The molecular formula is C7H11ClN4. The summed E-state index contributed by atoms with van der Waals surface area (Å²) in [5.74, 6) is 2.45. The van der Waals surface area contributed by atoms with Crippen molar-refractivity contribution in [1.82, 2.24) is 20.7 Å². The van der Waals surface area contributed by atoms with Crippen molar-refractivity contribution in [3.8, 4) is 0 Å². The minimum absolute atomic E-state index is 0. The molecule has 0 aromatic carbocycles. The Morgan fingerprint density at radius 1 is 1.33 bits per heavy atom. The van der Waals surface area contributed by atoms with Gasteiger partial charge in [0.1, 0.15) is 0 Å². The van der Waals surface area contributed by atoms with E-state index in [9.17, 15) is 0 Å². The monoisotopic (exact) mass is 186 g/mol. The highest BCUT2D eigenvalue weighted by atomic mass is 35.5. The van der Waals surface area contributed by atoms with Gasteiger partial charge in [0.15, 0.2) is 0 Å². The number of rotatable bonds is 1. The molecule has 4 nitrogen and oxygen atoms in total. The van der Waals surface area contributed by atoms with E-state index in [1.165, 1.54) is 18.8 Å². The summed E-state index contributed by atoms with van der Waals surface area (Å²) in [6.07, 6.45) is 1.85. The fourth-order valence-electron chi connectivity index (χ4n) is 2.25. The van der Waals surface area contributed by atoms with Crippen LogP contribution in [-0.4, -0.2) is 28.5 Å². The SMILES string of the molecule is Cl.c1nn[nH]c1C1[C@H]2CNC[C@@H]12. The summed E-state index contributed by atoms with van der Waals surface area (Å²) in [6, 6.07) is 0. The van der Waals surface area contributed by atoms with Crippen molar-refractivity contribution in [3.63, 3.8) is 0 Å². The normalized spacial score (nSPS) is 37.2. The number of nitrogens with zero attached hydrogens (tertiary/aromatic N) is 2. The molecule has 12 heavy (non-hydrogen) atoms. The van der Waals surface area contributed by atoms with Gasteiger partial charge in [-0.25, -0.2) is 0 Å². The predicted octanol–water partition coefficient (Wildman–Crippen LogP) is 0.159. The maximum Gasteiger partial charge on any atom is 0.0725 e. The van der Waals surface area contributed by atoms with Crippen molar-refractivity contribution in [2.75, 3.05) is 13.1 Å². The Hall–Kier alpha value is -0.610. The van der Waals surface area contributed by atoms with Crippen molar-refractivity contribution in [3.05, 3.63) is 11.9 Å². The summed E-state index contributed by atoms with van der Waals surface area (Å²) in [7, 11) is 0. The Balaban J connectivity index is 0.000000563. The second kappa shape index (κ2) is 2.71. The molecule has 2 aliphatic rings. The first kappa shape index (κ1) is 8.01. The standard InChI is InChI=1S/C7H10N4.ClH/c1-4-5(2-8-1)7(4)6-3-9-11-10-6;/h3-5,7-8H,1-2H2,(H,9,10,11);1H/t4-,5+,7?;. The van der Waals surface area contributed by atoms with Gasteiger partial charge < -0.3 is 5.32 Å². The van der Waals surface area contributed by atoms with Crippen LogP contribution in [0.25, 0.3) is 0 Å². The molecule has 1 saturated carbocycles. The second-order valence-electron chi connectivity index (χ2n) is 3.42. The lowest BCUT2D eigenvalue weighted by atomic mass is 10.2. The van der Waals surface area contributed by atoms with Crippen LogP contribution in [0.2, 0.25) is 0 Å². The lowest BCUT2D eigenvalue weighted by Crippen LogP contribution is -2.14. The van der Waals surface area contributed by atoms with Gasteiger partial charge in [0.05, 0.1) is 11.9 Å². The van der Waals surface area contributed by atoms with Crippen LogP contribution in [0.15, 0.2) is 6.20 Å². The summed E-state index contributed by atoms with van der Waals surface area (Å²) < 4.78 is 0. The lowest BCUT2D eigenvalue weighted by Gasteiger charge is -1.98. The van der Waals surface area contributed by atoms with Crippen LogP contribution < -0.4 is 5.32 Å². The molecule has 66 valence electrons. The van der Waals surface area contributed by atoms with E-state index in [4.69, 9.17) is 0 Å². The number of halogens is 1. The van der Waals surface area contributed by atoms with Gasteiger partial charge in [-0.05, 0) is 24.9 Å². The predicted molar refractivity (Wildman–Crippen MR) is 46.2 cm³/mol. The first-order valence-electron chi connectivity index (χ1n) is 4.03. The largest absolute Gasteiger partial charge is 0.316 e. The van der Waals surface area contributed by atoms with Gasteiger partial charge >= 0.3 is 0 Å². The Kier molecular flexibility index (Phi) is 1.81. The number of fused-ring (bicyclic) bond motifs is 1. The molecule has 1 aromatic rings. The highest BCUT2D eigenvalue weighted by Gasteiger charge is 2.54. The summed E-state index contributed by atoms with van der Waals surface area (Å²) in [5.41, 5.74) is 1.22. The molecule has 2 heterocycles. The van der Waals surface area contributed by atoms with E-state index in [2.05, 4.69) is 20.7 Å². The van der Waals surface area contributed by atoms with E-state index in [-0.39, 0.29) is 12.4 Å². The van der Waals surface area contributed by atoms with Gasteiger partial charge in [0.25, 0.3) is 0 Å². The zero-order valence-electron chi connectivity index (χ0n) is 6.53. The highest BCUT2D eigenvalue weighted by molar-refractivity contribution is 5.85. The van der Waals surface area contributed by atoms with Gasteiger partial charge in [-0.15, -0.1) is 17.5 Å². The number of H-pyrrole nitrogens is 1. The fourth-order valence-corrected chi connectivity index (χ4v) is 2.25. The van der Waals surface area contributed by atoms with E-state index < -0.39 is 0 Å². The average Bonchev–Trinajstić information content (AvgIpc) is 2.57. The molecule has 0 bridgehead atoms. The first-order valence-corrected chi connectivity index (χ1v) is 4.03. The van der Waals surface area contributed by atoms with E-state index in [1.54, 1.807) is 0 Å². The third-order valence-corrected chi connectivity index (χ3v) is 2.88. The Labute approximate surface area is 76.5 Å². The number of hydrogen-bond donors (Lipinski definition) is 2. The molecule has 1 aromatic heterocycles. The Morgan fingerprint density at radius 2 is 2.08 bits per heavy atom. The molecule has 2 fully saturated rings. The summed E-state index contributed by atoms with van der Waals surface area (Å²) >= 11 is 0. The van der Waals surface area contributed by atoms with Gasteiger partial charge in [-0.1, -0.05) is 5.21 Å². The smallest absolute Gasteiger partial charge is 0.0725 e. The van der Waals surface area contributed by atoms with E-state index >= 15 is 0 Å². The van der Waals surface area contributed by atoms with Gasteiger partial charge in [-0.3, -0.25) is 5.10 Å². The molecule has 3 rings (SSSR count). The topological polar surface area (TPSA) is 53.6 Å². The molecule has 1 saturated heterocycles. The van der Waals surface area contributed by atoms with Crippen molar-refractivity contribution < 1.29 is 0 Å². The minimum atomic E-state index is 0. The number of piperidine rings is 1. The summed E-state index contributed by atoms with van der Waals surface area (Å²) in [5, 5.41) is 13.8. The fraction of sp³-hybridized carbons (Fsp3) is 0.714. The highest BCUT2D eigenvalue weighted by Crippen LogP contribution is 2.54. The molecule has 1 aliphatic heterocycles. The van der Waals surface area contributed by atoms with Gasteiger partial charge in [-0.2, -0.15) is 0 Å². The Morgan fingerprint density at radius 3 is 2.67 bits per heavy atom. The second-order valence-corrected chi connectivity index (χ2v) is 3.42. The number of hydrogen-bond acceptors (Lipinski definition) is 3. The van der Waals surface area contributed by atoms with E-state index in [0.717, 1.165) is 17.8 Å². The van der Waals surface area contributed by atoms with Crippen LogP contribution in [0.5, 0.6) is 0 Å². The first-order chi connectivity index (χ1) is 5.47. The molecule has 1 unspecified atom stereocenters. The molecule has 0 radical (unpaired) electrons. The zero-order valence-corrected chi connectivity index (χ0v) is 7.34. The van der Waals surface area contributed by atoms with E-state index in [1.807, 2.05) is 6.20 Å². The molecule has 1 aliphatic carbocycles. The molecule has 3 atom stereocenters. The van der Waals surface area contributed by atoms with Crippen LogP contribution in [0, 0.1) is 11.8 Å². The van der Waals surface area contributed by atoms with Crippen LogP contribution in [0.4, 0.5) is 0 Å². The molecule has 2 N–H and O–H groups in total. The maximum atomic E-state index is 3.78. The molecular weight excluding hydrogens is 176 g/mol. The quantitative estimate of drug-likeness (QED) is 0.657. The minimum Gasteiger partial charge on any atom is -0.316 e. The lowest BCUT2D eigenvalue weighted by molar-refractivity contribution is 0.673. The Bertz CT molecular complexity index is 250. The number of aromatic nitrogens is 3. The molecule has 5 heteroatoms. The average molecular weight is 187 g/mol. The zero-order chi connectivity index (χ0) is 7.26. The summed E-state index contributed by atoms with van der Waals surface area (Å²) in [4.78, 5) is 0. The number of aromatic amines is 1. The summed E-state index contributed by atoms with van der Waals surface area (Å²) in [6.45, 7) is 2.35. The van der Waals surface area contributed by atoms with Gasteiger partial charge in [0.2, 0.25) is 0 Å². The van der Waals surface area contributed by atoms with Crippen molar-refractivity contribution in [2.45, 2.75) is 5.92 Å². The van der Waals surface area contributed by atoms with Crippen molar-refractivity contribution >= 4 is 12.4 Å². The van der Waals surface area contributed by atoms with Crippen molar-refractivity contribution in [1.29, 1.82) is 0 Å². The van der Waals surface area contributed by atoms with Crippen molar-refractivity contribution in [2.24, 2.45) is 11.8 Å². The maximum absolute atomic E-state index is 3.78. The third-order valence-electron chi connectivity index (χ3n) is 2.88. The number of nitrogens with one attached hydrogen (secondary N) is 2. The van der Waals surface area contributed by atoms with Crippen LogP contribution in [0.1, 0.15) is 11.6 Å². The molecule has 0 spiro atoms. The van der Waals surface area contributed by atoms with Gasteiger partial charge in [0, 0.05) is 5.92 Å². The van der Waals surface area contributed by atoms with Crippen LogP contribution in [0.3, 0.4) is 0 Å². The van der Waals surface area contributed by atoms with Crippen LogP contribution in [-0.2, 0) is 0 Å². The van der Waals surface area contributed by atoms with E-state index in [0.29, 0.717) is 0 Å². The third kappa shape index (κ3) is 0.949.